The maximum Gasteiger partial charge on any atom is 0.0594 e. The number of benzene rings is 1. The van der Waals surface area contributed by atoms with Crippen LogP contribution in [-0.2, 0) is 16.0 Å². The third-order valence-electron chi connectivity index (χ3n) is 3.36. The van der Waals surface area contributed by atoms with Gasteiger partial charge in [0.15, 0.2) is 0 Å². The molecule has 0 atom stereocenters. The van der Waals surface area contributed by atoms with Crippen molar-refractivity contribution in [2.45, 2.75) is 13.0 Å². The smallest absolute Gasteiger partial charge is 0.0594 e. The van der Waals surface area contributed by atoms with Gasteiger partial charge in [0, 0.05) is 45.6 Å². The molecule has 0 aliphatic carbocycles. The second-order valence-corrected chi connectivity index (χ2v) is 4.82. The number of nitrogens with one attached hydrogen (secondary N) is 1. The van der Waals surface area contributed by atoms with Crippen molar-refractivity contribution in [2.75, 3.05) is 51.9 Å². The van der Waals surface area contributed by atoms with Crippen molar-refractivity contribution in [3.05, 3.63) is 29.8 Å². The molecule has 4 nitrogen and oxygen atoms in total. The Morgan fingerprint density at radius 3 is 2.84 bits per heavy atom. The number of nitrogens with zero attached hydrogens (tertiary/aromatic N) is 1. The van der Waals surface area contributed by atoms with Gasteiger partial charge in [-0.15, -0.1) is 0 Å². The van der Waals surface area contributed by atoms with E-state index in [1.165, 1.54) is 11.3 Å². The molecule has 19 heavy (non-hydrogen) atoms. The minimum absolute atomic E-state index is 0.804. The molecular weight excluding hydrogens is 240 g/mol. The van der Waals surface area contributed by atoms with E-state index in [-0.39, 0.29) is 0 Å². The Kier molecular flexibility index (Phi) is 6.14. The molecule has 1 fully saturated rings. The van der Waals surface area contributed by atoms with Crippen molar-refractivity contribution in [1.29, 1.82) is 0 Å². The number of para-hydroxylation sites is 1. The van der Waals surface area contributed by atoms with E-state index in [1.54, 1.807) is 7.11 Å². The molecule has 106 valence electrons. The van der Waals surface area contributed by atoms with Gasteiger partial charge in [-0.2, -0.15) is 0 Å². The fourth-order valence-electron chi connectivity index (χ4n) is 2.27. The zero-order valence-electron chi connectivity index (χ0n) is 11.7. The maximum atomic E-state index is 5.39. The minimum Gasteiger partial charge on any atom is -0.385 e. The van der Waals surface area contributed by atoms with E-state index < -0.39 is 0 Å². The van der Waals surface area contributed by atoms with E-state index in [0.717, 1.165) is 52.4 Å². The molecule has 0 spiro atoms. The lowest BCUT2D eigenvalue weighted by Gasteiger charge is -2.27. The highest BCUT2D eigenvalue weighted by Gasteiger charge is 2.12. The van der Waals surface area contributed by atoms with Gasteiger partial charge in [-0.05, 0) is 18.1 Å². The Hall–Kier alpha value is -1.10. The lowest BCUT2D eigenvalue weighted by Crippen LogP contribution is -2.35. The summed E-state index contributed by atoms with van der Waals surface area (Å²) < 4.78 is 10.5. The molecule has 1 aromatic rings. The molecule has 1 aliphatic heterocycles. The first kappa shape index (κ1) is 14.3. The van der Waals surface area contributed by atoms with E-state index in [2.05, 4.69) is 34.5 Å². The average Bonchev–Trinajstić information content (AvgIpc) is 2.46. The number of anilines is 1. The Morgan fingerprint density at radius 1 is 1.26 bits per heavy atom. The molecule has 0 saturated carbocycles. The Bertz CT molecular complexity index is 365. The van der Waals surface area contributed by atoms with Gasteiger partial charge in [0.05, 0.1) is 13.2 Å². The minimum atomic E-state index is 0.804. The van der Waals surface area contributed by atoms with Crippen molar-refractivity contribution < 1.29 is 9.47 Å². The second kappa shape index (κ2) is 8.15. The van der Waals surface area contributed by atoms with Gasteiger partial charge in [0.2, 0.25) is 0 Å². The van der Waals surface area contributed by atoms with E-state index >= 15 is 0 Å². The van der Waals surface area contributed by atoms with Crippen LogP contribution in [0.15, 0.2) is 24.3 Å². The predicted octanol–water partition coefficient (Wildman–Crippen LogP) is 1.97. The fourth-order valence-corrected chi connectivity index (χ4v) is 2.27. The molecule has 0 aromatic heterocycles. The standard InChI is InChI=1S/C15H24N2O2/c1-18-10-4-7-16-15-6-3-2-5-14(15)13-17-8-11-19-12-9-17/h2-3,5-6,16H,4,7-13H2,1H3. The van der Waals surface area contributed by atoms with Crippen LogP contribution in [0.3, 0.4) is 0 Å². The van der Waals surface area contributed by atoms with Crippen LogP contribution < -0.4 is 5.32 Å². The number of hydrogen-bond donors (Lipinski definition) is 1. The molecule has 4 heteroatoms. The highest BCUT2D eigenvalue weighted by atomic mass is 16.5. The van der Waals surface area contributed by atoms with Gasteiger partial charge in [0.25, 0.3) is 0 Å². The Balaban J connectivity index is 1.87. The molecule has 1 heterocycles. The van der Waals surface area contributed by atoms with Crippen LogP contribution in [0, 0.1) is 0 Å². The fraction of sp³-hybridized carbons (Fsp3) is 0.600. The van der Waals surface area contributed by atoms with Crippen LogP contribution in [0.5, 0.6) is 0 Å². The Labute approximate surface area is 115 Å². The monoisotopic (exact) mass is 264 g/mol. The van der Waals surface area contributed by atoms with Crippen LogP contribution in [0.1, 0.15) is 12.0 Å². The molecule has 0 radical (unpaired) electrons. The summed E-state index contributed by atoms with van der Waals surface area (Å²) in [6.45, 7) is 6.51. The summed E-state index contributed by atoms with van der Waals surface area (Å²) >= 11 is 0. The van der Waals surface area contributed by atoms with E-state index in [4.69, 9.17) is 9.47 Å². The highest BCUT2D eigenvalue weighted by Crippen LogP contribution is 2.17. The molecule has 0 unspecified atom stereocenters. The van der Waals surface area contributed by atoms with Gasteiger partial charge in [-0.1, -0.05) is 18.2 Å². The normalized spacial score (nSPS) is 16.5. The maximum absolute atomic E-state index is 5.39. The first-order valence-electron chi connectivity index (χ1n) is 7.01. The summed E-state index contributed by atoms with van der Waals surface area (Å²) in [6.07, 6.45) is 1.03. The SMILES string of the molecule is COCCCNc1ccccc1CN1CCOCC1. The molecule has 1 saturated heterocycles. The molecule has 1 N–H and O–H groups in total. The quantitative estimate of drug-likeness (QED) is 0.763. The zero-order valence-corrected chi connectivity index (χ0v) is 11.7. The topological polar surface area (TPSA) is 33.7 Å². The van der Waals surface area contributed by atoms with E-state index in [1.807, 2.05) is 0 Å². The van der Waals surface area contributed by atoms with Crippen molar-refractivity contribution >= 4 is 5.69 Å². The molecule has 2 rings (SSSR count). The molecule has 0 amide bonds. The summed E-state index contributed by atoms with van der Waals surface area (Å²) in [6, 6.07) is 8.55. The van der Waals surface area contributed by atoms with Gasteiger partial charge in [-0.3, -0.25) is 4.90 Å². The van der Waals surface area contributed by atoms with Crippen molar-refractivity contribution in [3.8, 4) is 0 Å². The van der Waals surface area contributed by atoms with E-state index in [9.17, 15) is 0 Å². The summed E-state index contributed by atoms with van der Waals surface area (Å²) in [5, 5.41) is 3.50. The van der Waals surface area contributed by atoms with E-state index in [0.29, 0.717) is 0 Å². The van der Waals surface area contributed by atoms with Crippen LogP contribution in [0.25, 0.3) is 0 Å². The molecular formula is C15H24N2O2. The van der Waals surface area contributed by atoms with Gasteiger partial charge < -0.3 is 14.8 Å². The van der Waals surface area contributed by atoms with Crippen LogP contribution in [-0.4, -0.2) is 51.5 Å². The summed E-state index contributed by atoms with van der Waals surface area (Å²) in [5.41, 5.74) is 2.60. The Morgan fingerprint density at radius 2 is 2.05 bits per heavy atom. The molecule has 0 bridgehead atoms. The average molecular weight is 264 g/mol. The zero-order chi connectivity index (χ0) is 13.3. The van der Waals surface area contributed by atoms with Gasteiger partial charge in [-0.25, -0.2) is 0 Å². The summed E-state index contributed by atoms with van der Waals surface area (Å²) in [5.74, 6) is 0. The number of rotatable bonds is 7. The molecule has 1 aliphatic rings. The summed E-state index contributed by atoms with van der Waals surface area (Å²) in [7, 11) is 1.74. The van der Waals surface area contributed by atoms with Crippen molar-refractivity contribution in [1.82, 2.24) is 4.90 Å². The first-order valence-corrected chi connectivity index (χ1v) is 7.01. The molecule has 1 aromatic carbocycles. The van der Waals surface area contributed by atoms with Gasteiger partial charge >= 0.3 is 0 Å². The van der Waals surface area contributed by atoms with Crippen LogP contribution in [0.4, 0.5) is 5.69 Å². The third-order valence-corrected chi connectivity index (χ3v) is 3.36. The number of morpholine rings is 1. The third kappa shape index (κ3) is 4.82. The highest BCUT2D eigenvalue weighted by molar-refractivity contribution is 5.51. The lowest BCUT2D eigenvalue weighted by atomic mass is 10.1. The lowest BCUT2D eigenvalue weighted by molar-refractivity contribution is 0.0342. The number of hydrogen-bond acceptors (Lipinski definition) is 4. The first-order chi connectivity index (χ1) is 9.40. The number of methoxy groups -OCH3 is 1. The van der Waals surface area contributed by atoms with Gasteiger partial charge in [0.1, 0.15) is 0 Å². The van der Waals surface area contributed by atoms with Crippen LogP contribution >= 0.6 is 0 Å². The van der Waals surface area contributed by atoms with Crippen LogP contribution in [0.2, 0.25) is 0 Å². The van der Waals surface area contributed by atoms with Crippen molar-refractivity contribution in [3.63, 3.8) is 0 Å². The largest absolute Gasteiger partial charge is 0.385 e. The summed E-state index contributed by atoms with van der Waals surface area (Å²) in [4.78, 5) is 2.44. The van der Waals surface area contributed by atoms with Crippen molar-refractivity contribution in [2.24, 2.45) is 0 Å². The second-order valence-electron chi connectivity index (χ2n) is 4.82. The number of ether oxygens (including phenoxy) is 2. The predicted molar refractivity (Wildman–Crippen MR) is 77.5 cm³/mol.